The third-order valence-electron chi connectivity index (χ3n) is 1.86. The summed E-state index contributed by atoms with van der Waals surface area (Å²) in [5, 5.41) is 0. The predicted octanol–water partition coefficient (Wildman–Crippen LogP) is 2.23. The molecule has 1 fully saturated rings. The summed E-state index contributed by atoms with van der Waals surface area (Å²) in [6.45, 7) is 4.22. The highest BCUT2D eigenvalue weighted by Gasteiger charge is 2.29. The Bertz CT molecular complexity index is 180. The fourth-order valence-corrected chi connectivity index (χ4v) is 1.16. The zero-order valence-electron chi connectivity index (χ0n) is 8.01. The Hall–Kier alpha value is -0.0900. The number of rotatable bonds is 2. The SMILES string of the molecule is CC(C)(Br)C(=O)OC1CCCCO1. The first-order valence-corrected chi connectivity index (χ1v) is 5.31. The molecule has 0 amide bonds. The molecule has 0 aromatic rings. The van der Waals surface area contributed by atoms with Gasteiger partial charge in [-0.25, -0.2) is 0 Å². The maximum absolute atomic E-state index is 11.4. The minimum atomic E-state index is -0.617. The van der Waals surface area contributed by atoms with Crippen molar-refractivity contribution in [3.63, 3.8) is 0 Å². The lowest BCUT2D eigenvalue weighted by Gasteiger charge is -2.25. The molecule has 1 unspecified atom stereocenters. The summed E-state index contributed by atoms with van der Waals surface area (Å²) in [6.07, 6.45) is 2.61. The quantitative estimate of drug-likeness (QED) is 0.557. The molecule has 0 saturated carbocycles. The molecule has 0 bridgehead atoms. The van der Waals surface area contributed by atoms with Crippen LogP contribution in [0.5, 0.6) is 0 Å². The molecule has 13 heavy (non-hydrogen) atoms. The monoisotopic (exact) mass is 250 g/mol. The maximum atomic E-state index is 11.4. The normalized spacial score (nSPS) is 24.1. The molecule has 3 nitrogen and oxygen atoms in total. The maximum Gasteiger partial charge on any atom is 0.324 e. The van der Waals surface area contributed by atoms with E-state index in [1.807, 2.05) is 0 Å². The number of esters is 1. The fraction of sp³-hybridized carbons (Fsp3) is 0.889. The van der Waals surface area contributed by atoms with Gasteiger partial charge in [-0.05, 0) is 26.7 Å². The van der Waals surface area contributed by atoms with Gasteiger partial charge >= 0.3 is 5.97 Å². The van der Waals surface area contributed by atoms with Crippen molar-refractivity contribution < 1.29 is 14.3 Å². The van der Waals surface area contributed by atoms with Crippen LogP contribution in [0.25, 0.3) is 0 Å². The van der Waals surface area contributed by atoms with E-state index in [1.165, 1.54) is 0 Å². The minimum Gasteiger partial charge on any atom is -0.435 e. The number of halogens is 1. The van der Waals surface area contributed by atoms with Crippen LogP contribution >= 0.6 is 15.9 Å². The minimum absolute atomic E-state index is 0.264. The summed E-state index contributed by atoms with van der Waals surface area (Å²) < 4.78 is 9.81. The number of hydrogen-bond acceptors (Lipinski definition) is 3. The van der Waals surface area contributed by atoms with E-state index in [-0.39, 0.29) is 12.3 Å². The van der Waals surface area contributed by atoms with Crippen LogP contribution in [-0.2, 0) is 14.3 Å². The second kappa shape index (κ2) is 4.42. The van der Waals surface area contributed by atoms with Crippen LogP contribution in [0.4, 0.5) is 0 Å². The van der Waals surface area contributed by atoms with E-state index in [1.54, 1.807) is 13.8 Å². The van der Waals surface area contributed by atoms with E-state index >= 15 is 0 Å². The fourth-order valence-electron chi connectivity index (χ4n) is 1.06. The second-order valence-electron chi connectivity index (χ2n) is 3.67. The van der Waals surface area contributed by atoms with Gasteiger partial charge in [-0.2, -0.15) is 0 Å². The number of carbonyl (C=O) groups excluding carboxylic acids is 1. The van der Waals surface area contributed by atoms with Gasteiger partial charge < -0.3 is 9.47 Å². The molecule has 1 atom stereocenters. The van der Waals surface area contributed by atoms with Crippen molar-refractivity contribution in [1.29, 1.82) is 0 Å². The Kier molecular flexibility index (Phi) is 3.74. The van der Waals surface area contributed by atoms with Crippen molar-refractivity contribution >= 4 is 21.9 Å². The van der Waals surface area contributed by atoms with Gasteiger partial charge in [0.2, 0.25) is 6.29 Å². The third kappa shape index (κ3) is 3.65. The average Bonchev–Trinajstić information content (AvgIpc) is 2.04. The van der Waals surface area contributed by atoms with Gasteiger partial charge in [-0.3, -0.25) is 4.79 Å². The summed E-state index contributed by atoms with van der Waals surface area (Å²) in [4.78, 5) is 11.4. The molecule has 0 aromatic carbocycles. The highest BCUT2D eigenvalue weighted by molar-refractivity contribution is 9.10. The molecule has 1 saturated heterocycles. The van der Waals surface area contributed by atoms with Crippen molar-refractivity contribution in [2.75, 3.05) is 6.61 Å². The smallest absolute Gasteiger partial charge is 0.324 e. The largest absolute Gasteiger partial charge is 0.435 e. The van der Waals surface area contributed by atoms with Crippen molar-refractivity contribution in [3.05, 3.63) is 0 Å². The van der Waals surface area contributed by atoms with Gasteiger partial charge in [0.05, 0.1) is 6.61 Å². The Morgan fingerprint density at radius 2 is 2.23 bits per heavy atom. The second-order valence-corrected chi connectivity index (χ2v) is 5.66. The van der Waals surface area contributed by atoms with Crippen LogP contribution in [0.15, 0.2) is 0 Å². The lowest BCUT2D eigenvalue weighted by Crippen LogP contribution is -2.33. The molecule has 1 rings (SSSR count). The van der Waals surface area contributed by atoms with E-state index in [9.17, 15) is 4.79 Å². The van der Waals surface area contributed by atoms with Crippen molar-refractivity contribution in [2.24, 2.45) is 0 Å². The van der Waals surface area contributed by atoms with E-state index in [0.29, 0.717) is 6.61 Å². The van der Waals surface area contributed by atoms with Crippen LogP contribution in [-0.4, -0.2) is 23.2 Å². The highest BCUT2D eigenvalue weighted by Crippen LogP contribution is 2.21. The van der Waals surface area contributed by atoms with Gasteiger partial charge in [-0.15, -0.1) is 0 Å². The molecule has 0 spiro atoms. The molecule has 0 aliphatic carbocycles. The van der Waals surface area contributed by atoms with Crippen LogP contribution in [0.2, 0.25) is 0 Å². The van der Waals surface area contributed by atoms with Crippen LogP contribution in [0.1, 0.15) is 33.1 Å². The van der Waals surface area contributed by atoms with Crippen molar-refractivity contribution in [2.45, 2.75) is 43.7 Å². The Labute approximate surface area is 86.9 Å². The molecule has 1 aliphatic rings. The Morgan fingerprint density at radius 1 is 1.54 bits per heavy atom. The summed E-state index contributed by atoms with van der Waals surface area (Å²) in [6, 6.07) is 0. The topological polar surface area (TPSA) is 35.5 Å². The zero-order valence-corrected chi connectivity index (χ0v) is 9.59. The molecular weight excluding hydrogens is 236 g/mol. The van der Waals surface area contributed by atoms with Gasteiger partial charge in [0, 0.05) is 6.42 Å². The van der Waals surface area contributed by atoms with Crippen LogP contribution in [0.3, 0.4) is 0 Å². The Morgan fingerprint density at radius 3 is 2.69 bits per heavy atom. The van der Waals surface area contributed by atoms with E-state index in [4.69, 9.17) is 9.47 Å². The molecule has 0 aromatic heterocycles. The Balaban J connectivity index is 2.35. The first-order chi connectivity index (χ1) is 6.00. The number of hydrogen-bond donors (Lipinski definition) is 0. The molecule has 0 radical (unpaired) electrons. The van der Waals surface area contributed by atoms with Crippen molar-refractivity contribution in [3.8, 4) is 0 Å². The number of carbonyl (C=O) groups is 1. The van der Waals surface area contributed by atoms with Gasteiger partial charge in [0.25, 0.3) is 0 Å². The molecule has 0 N–H and O–H groups in total. The van der Waals surface area contributed by atoms with Gasteiger partial charge in [0.1, 0.15) is 4.32 Å². The van der Waals surface area contributed by atoms with Gasteiger partial charge in [-0.1, -0.05) is 15.9 Å². The summed E-state index contributed by atoms with van der Waals surface area (Å²) >= 11 is 3.24. The van der Waals surface area contributed by atoms with Crippen molar-refractivity contribution in [1.82, 2.24) is 0 Å². The first kappa shape index (κ1) is 11.0. The lowest BCUT2D eigenvalue weighted by molar-refractivity contribution is -0.188. The number of ether oxygens (including phenoxy) is 2. The predicted molar refractivity (Wildman–Crippen MR) is 52.7 cm³/mol. The average molecular weight is 251 g/mol. The van der Waals surface area contributed by atoms with Crippen LogP contribution < -0.4 is 0 Å². The van der Waals surface area contributed by atoms with E-state index in [2.05, 4.69) is 15.9 Å². The number of alkyl halides is 1. The molecular formula is C9H15BrO3. The third-order valence-corrected chi connectivity index (χ3v) is 2.19. The summed E-state index contributed by atoms with van der Waals surface area (Å²) in [5.74, 6) is -0.264. The zero-order chi connectivity index (χ0) is 9.90. The van der Waals surface area contributed by atoms with Gasteiger partial charge in [0.15, 0.2) is 0 Å². The standard InChI is InChI=1S/C9H15BrO3/c1-9(2,10)8(11)13-7-5-3-4-6-12-7/h7H,3-6H2,1-2H3. The molecule has 1 heterocycles. The molecule has 4 heteroatoms. The lowest BCUT2D eigenvalue weighted by atomic mass is 10.2. The van der Waals surface area contributed by atoms with E-state index < -0.39 is 4.32 Å². The highest BCUT2D eigenvalue weighted by atomic mass is 79.9. The molecule has 76 valence electrons. The van der Waals surface area contributed by atoms with E-state index in [0.717, 1.165) is 19.3 Å². The van der Waals surface area contributed by atoms with Crippen LogP contribution in [0, 0.1) is 0 Å². The molecule has 1 aliphatic heterocycles. The summed E-state index contributed by atoms with van der Waals surface area (Å²) in [5.41, 5.74) is 0. The first-order valence-electron chi connectivity index (χ1n) is 4.52. The summed E-state index contributed by atoms with van der Waals surface area (Å²) in [7, 11) is 0.